The zero-order valence-corrected chi connectivity index (χ0v) is 17.8. The molecule has 15 heteroatoms. The number of hydrogen-bond acceptors (Lipinski definition) is 9. The summed E-state index contributed by atoms with van der Waals surface area (Å²) in [5.41, 5.74) is 0.528. The van der Waals surface area contributed by atoms with Gasteiger partial charge in [-0.3, -0.25) is 10.4 Å². The number of rotatable bonds is 4. The van der Waals surface area contributed by atoms with Crippen molar-refractivity contribution >= 4 is 36.0 Å². The molecule has 0 aromatic carbocycles. The van der Waals surface area contributed by atoms with Gasteiger partial charge in [-0.2, -0.15) is 14.8 Å². The minimum Gasteiger partial charge on any atom is -0.478 e. The predicted octanol–water partition coefficient (Wildman–Crippen LogP) is 1.91. The highest BCUT2D eigenvalue weighted by Crippen LogP contribution is 2.18. The van der Waals surface area contributed by atoms with Crippen LogP contribution >= 0.6 is 0 Å². The minimum absolute atomic E-state index is 0.176. The second-order valence-electron chi connectivity index (χ2n) is 5.81. The zero-order chi connectivity index (χ0) is 26.6. The molecule has 0 unspecified atom stereocenters. The molecular weight excluding hydrogens is 438 g/mol. The third kappa shape index (κ3) is 10.7. The lowest BCUT2D eigenvalue weighted by Crippen LogP contribution is -2.70. The van der Waals surface area contributed by atoms with Gasteiger partial charge in [-0.15, -0.1) is 0 Å². The molecule has 180 valence electrons. The van der Waals surface area contributed by atoms with Crippen LogP contribution in [0.5, 0.6) is 0 Å². The average molecular weight is 464 g/mol. The second-order valence-corrected chi connectivity index (χ2v) is 5.81. The van der Waals surface area contributed by atoms with Crippen LogP contribution in [0.4, 0.5) is 14.4 Å². The van der Waals surface area contributed by atoms with Crippen molar-refractivity contribution in [2.45, 2.75) is 27.7 Å². The Balaban J connectivity index is -0.000000393. The van der Waals surface area contributed by atoms with Gasteiger partial charge in [0.05, 0.1) is 0 Å². The first-order chi connectivity index (χ1) is 14.3. The Morgan fingerprint density at radius 1 is 0.750 bits per heavy atom. The van der Waals surface area contributed by atoms with E-state index in [2.05, 4.69) is 19.7 Å². The number of carboxylic acid groups (broad SMARTS) is 3. The summed E-state index contributed by atoms with van der Waals surface area (Å²) in [7, 11) is 0. The van der Waals surface area contributed by atoms with Crippen molar-refractivity contribution < 1.29 is 64.4 Å². The molecule has 0 bridgehead atoms. The smallest absolute Gasteiger partial charge is 0.478 e. The number of hydrogen-bond donors (Lipinski definition) is 6. The number of carbonyl (C=O) groups excluding carboxylic acids is 3. The van der Waals surface area contributed by atoms with Gasteiger partial charge in [0.15, 0.2) is 0 Å². The van der Waals surface area contributed by atoms with E-state index in [1.54, 1.807) is 0 Å². The number of aliphatic carboxylic acids is 3. The van der Waals surface area contributed by atoms with E-state index in [-0.39, 0.29) is 16.7 Å². The first kappa shape index (κ1) is 32.7. The Kier molecular flexibility index (Phi) is 14.5. The summed E-state index contributed by atoms with van der Waals surface area (Å²) in [4.78, 5) is 61.7. The van der Waals surface area contributed by atoms with E-state index in [1.807, 2.05) is 0 Å². The molecule has 1 heterocycles. The Labute approximate surface area is 182 Å². The Morgan fingerprint density at radius 2 is 0.938 bits per heavy atom. The lowest BCUT2D eigenvalue weighted by molar-refractivity contribution is -0.977. The van der Waals surface area contributed by atoms with Crippen molar-refractivity contribution in [1.29, 1.82) is 0 Å². The van der Waals surface area contributed by atoms with Gasteiger partial charge >= 0.3 is 36.0 Å². The molecule has 1 rings (SSSR count). The Bertz CT molecular complexity index is 701. The first-order valence-corrected chi connectivity index (χ1v) is 8.17. The van der Waals surface area contributed by atoms with Gasteiger partial charge in [-0.25, -0.2) is 19.2 Å². The van der Waals surface area contributed by atoms with Crippen LogP contribution in [0.1, 0.15) is 27.7 Å². The number of nitrogens with zero attached hydrogens (tertiary/aromatic N) is 3. The molecule has 0 aromatic heterocycles. The summed E-state index contributed by atoms with van der Waals surface area (Å²) in [5.74, 6) is -2.81. The van der Waals surface area contributed by atoms with E-state index < -0.39 is 57.3 Å². The number of carboxylic acids is 3. The van der Waals surface area contributed by atoms with Crippen LogP contribution in [-0.4, -0.2) is 88.3 Å². The molecule has 0 saturated carbocycles. The summed E-state index contributed by atoms with van der Waals surface area (Å²) in [6.07, 6.45) is 0. The number of hydroxylamine groups is 7. The molecule has 1 fully saturated rings. The van der Waals surface area contributed by atoms with E-state index in [0.717, 1.165) is 0 Å². The molecule has 0 atom stereocenters. The quantitative estimate of drug-likeness (QED) is 0.199. The highest BCUT2D eigenvalue weighted by atomic mass is 16.7. The topological polar surface area (TPSA) is 230 Å². The molecule has 0 aromatic rings. The number of quaternary nitrogens is 1. The highest BCUT2D eigenvalue weighted by molar-refractivity contribution is 6.03. The molecule has 0 aliphatic carbocycles. The average Bonchev–Trinajstić information content (AvgIpc) is 2.70. The van der Waals surface area contributed by atoms with E-state index in [4.69, 9.17) is 25.7 Å². The SMILES string of the molecule is C=C(C)C(=O)O.C=C(C)C(=O)O.C=C(C)C(=O)O.CC[N+]1(O)C(=O)N(O)C(=O)N(O)C1=O. The second kappa shape index (κ2) is 14.1. The summed E-state index contributed by atoms with van der Waals surface area (Å²) in [5, 5.41) is 49.6. The first-order valence-electron chi connectivity index (χ1n) is 8.17. The number of amides is 6. The van der Waals surface area contributed by atoms with Crippen LogP contribution in [0.15, 0.2) is 36.5 Å². The van der Waals surface area contributed by atoms with Gasteiger partial charge in [-0.1, -0.05) is 29.9 Å². The normalized spacial score (nSPS) is 13.8. The molecule has 15 nitrogen and oxygen atoms in total. The number of urea groups is 3. The van der Waals surface area contributed by atoms with Crippen molar-refractivity contribution in [3.8, 4) is 0 Å². The molecule has 0 spiro atoms. The van der Waals surface area contributed by atoms with Gasteiger partial charge < -0.3 is 15.3 Å². The molecule has 6 N–H and O–H groups in total. The van der Waals surface area contributed by atoms with E-state index >= 15 is 0 Å². The highest BCUT2D eigenvalue weighted by Gasteiger charge is 2.59. The van der Waals surface area contributed by atoms with Crippen molar-refractivity contribution in [2.24, 2.45) is 0 Å². The van der Waals surface area contributed by atoms with Crippen molar-refractivity contribution in [3.05, 3.63) is 36.5 Å². The predicted molar refractivity (Wildman–Crippen MR) is 103 cm³/mol. The van der Waals surface area contributed by atoms with Crippen LogP contribution in [0.25, 0.3) is 0 Å². The lowest BCUT2D eigenvalue weighted by Gasteiger charge is -2.31. The largest absolute Gasteiger partial charge is 0.493 e. The molecule has 6 amide bonds. The van der Waals surface area contributed by atoms with E-state index in [1.165, 1.54) is 27.7 Å². The standard InChI is InChI=1S/C5H8N3O6.3C4H6O2/c1-2-8(14)4(10)6(12)3(9)7(13)5(8)11;3*1-3(2)4(5)6/h12-14H,2H2,1H3;3*1H2,2H3,(H,5,6)/q+1;;;. The zero-order valence-electron chi connectivity index (χ0n) is 17.8. The molecule has 0 radical (unpaired) electrons. The molecule has 32 heavy (non-hydrogen) atoms. The maximum atomic E-state index is 11.1. The van der Waals surface area contributed by atoms with Crippen LogP contribution in [0, 0.1) is 0 Å². The van der Waals surface area contributed by atoms with Crippen molar-refractivity contribution in [2.75, 3.05) is 6.54 Å². The fourth-order valence-corrected chi connectivity index (χ4v) is 0.919. The lowest BCUT2D eigenvalue weighted by atomic mass is 10.4. The maximum Gasteiger partial charge on any atom is 0.493 e. The van der Waals surface area contributed by atoms with Gasteiger partial charge in [0.2, 0.25) is 0 Å². The van der Waals surface area contributed by atoms with Crippen molar-refractivity contribution in [1.82, 2.24) is 10.1 Å². The van der Waals surface area contributed by atoms with Crippen LogP contribution in [0.2, 0.25) is 0 Å². The molecule has 1 aliphatic heterocycles. The van der Waals surface area contributed by atoms with E-state index in [9.17, 15) is 34.0 Å². The van der Waals surface area contributed by atoms with E-state index in [0.29, 0.717) is 0 Å². The third-order valence-electron chi connectivity index (χ3n) is 2.91. The molecular formula is C17H26N3O12+. The summed E-state index contributed by atoms with van der Waals surface area (Å²) >= 11 is 0. The minimum atomic E-state index is -1.89. The van der Waals surface area contributed by atoms with Crippen molar-refractivity contribution in [3.63, 3.8) is 0 Å². The fourth-order valence-electron chi connectivity index (χ4n) is 0.919. The number of imide groups is 3. The molecule has 1 saturated heterocycles. The Morgan fingerprint density at radius 3 is 1.06 bits per heavy atom. The van der Waals surface area contributed by atoms with Crippen LogP contribution < -0.4 is 0 Å². The molecule has 1 aliphatic rings. The van der Waals surface area contributed by atoms with Gasteiger partial charge in [0.25, 0.3) is 0 Å². The summed E-state index contributed by atoms with van der Waals surface area (Å²) in [6, 6.07) is -4.70. The third-order valence-corrected chi connectivity index (χ3v) is 2.91. The van der Waals surface area contributed by atoms with Crippen LogP contribution in [-0.2, 0) is 14.4 Å². The van der Waals surface area contributed by atoms with Crippen LogP contribution in [0.3, 0.4) is 0 Å². The maximum absolute atomic E-state index is 11.1. The van der Waals surface area contributed by atoms with Gasteiger partial charge in [0.1, 0.15) is 6.54 Å². The Hall–Kier alpha value is -3.92. The fraction of sp³-hybridized carbons (Fsp3) is 0.294. The van der Waals surface area contributed by atoms with Gasteiger partial charge in [-0.05, 0) is 32.3 Å². The van der Waals surface area contributed by atoms with Gasteiger partial charge in [0, 0.05) is 16.7 Å². The summed E-state index contributed by atoms with van der Waals surface area (Å²) < 4.78 is -1.89. The summed E-state index contributed by atoms with van der Waals surface area (Å²) in [6.45, 7) is 14.6. The number of carbonyl (C=O) groups is 6. The monoisotopic (exact) mass is 464 g/mol.